The van der Waals surface area contributed by atoms with Crippen molar-refractivity contribution in [2.24, 2.45) is 0 Å². The number of rotatable bonds is 9. The molecule has 7 aromatic carbocycles. The molecule has 0 heterocycles. The van der Waals surface area contributed by atoms with Gasteiger partial charge in [-0.15, -0.1) is 0 Å². The Kier molecular flexibility index (Phi) is 20.5. The van der Waals surface area contributed by atoms with Crippen molar-refractivity contribution in [3.63, 3.8) is 0 Å². The summed E-state index contributed by atoms with van der Waals surface area (Å²) in [5.41, 5.74) is 13.9. The predicted octanol–water partition coefficient (Wildman–Crippen LogP) is 14.1. The Labute approximate surface area is 353 Å². The van der Waals surface area contributed by atoms with Crippen LogP contribution in [-0.4, -0.2) is 17.3 Å². The van der Waals surface area contributed by atoms with Gasteiger partial charge in [0.2, 0.25) is 0 Å². The second kappa shape index (κ2) is 25.7. The van der Waals surface area contributed by atoms with Crippen molar-refractivity contribution in [3.05, 3.63) is 249 Å². The SMILES string of the molecule is CC.CC(=O)c1ccccc1C.CC(=O)c1ccccc1C.CC(=O)c1ccccc1C.c1ccc(Cc2cc(Cc3ccccc3)cc(Cc3ccccc3)c2)cc1. The first kappa shape index (κ1) is 46.9. The van der Waals surface area contributed by atoms with Gasteiger partial charge < -0.3 is 0 Å². The van der Waals surface area contributed by atoms with Crippen LogP contribution in [0.15, 0.2) is 182 Å². The topological polar surface area (TPSA) is 51.2 Å². The Balaban J connectivity index is 0.000000239. The molecule has 0 fully saturated rings. The average molecular weight is 781 g/mol. The number of ketones is 3. The van der Waals surface area contributed by atoms with E-state index in [9.17, 15) is 14.4 Å². The van der Waals surface area contributed by atoms with Crippen LogP contribution in [0.4, 0.5) is 0 Å². The van der Waals surface area contributed by atoms with E-state index in [4.69, 9.17) is 0 Å². The molecule has 7 aromatic rings. The van der Waals surface area contributed by atoms with Crippen molar-refractivity contribution in [3.8, 4) is 0 Å². The fraction of sp³-hybridized carbons (Fsp3) is 0.196. The minimum absolute atomic E-state index is 0.137. The van der Waals surface area contributed by atoms with E-state index in [0.29, 0.717) is 0 Å². The van der Waals surface area contributed by atoms with Gasteiger partial charge in [0.05, 0.1) is 0 Å². The van der Waals surface area contributed by atoms with Crippen molar-refractivity contribution in [2.75, 3.05) is 0 Å². The molecule has 0 aromatic heterocycles. The Bertz CT molecular complexity index is 2050. The van der Waals surface area contributed by atoms with E-state index in [1.807, 2.05) is 107 Å². The molecule has 0 saturated carbocycles. The van der Waals surface area contributed by atoms with Gasteiger partial charge >= 0.3 is 0 Å². The molecule has 0 saturated heterocycles. The minimum atomic E-state index is 0.137. The monoisotopic (exact) mass is 780 g/mol. The minimum Gasteiger partial charge on any atom is -0.295 e. The Morgan fingerprint density at radius 1 is 0.305 bits per heavy atom. The standard InChI is InChI=1S/C27H24.3C9H10O.C2H6/c1-4-10-22(11-5-1)16-25-19-26(17-23-12-6-2-7-13-23)21-27(20-25)18-24-14-8-3-9-15-24;3*1-7-5-3-4-6-9(7)8(2)10;1-2/h1-15,19-21H,16-18H2;3*3-6H,1-2H3;1-2H3. The fourth-order valence-electron chi connectivity index (χ4n) is 6.54. The molecule has 0 aliphatic heterocycles. The van der Waals surface area contributed by atoms with Crippen LogP contribution in [0, 0.1) is 20.8 Å². The third-order valence-electron chi connectivity index (χ3n) is 9.44. The maximum Gasteiger partial charge on any atom is 0.160 e. The summed E-state index contributed by atoms with van der Waals surface area (Å²) in [4.78, 5) is 32.6. The van der Waals surface area contributed by atoms with Crippen LogP contribution in [-0.2, 0) is 19.3 Å². The van der Waals surface area contributed by atoms with E-state index < -0.39 is 0 Å². The lowest BCUT2D eigenvalue weighted by molar-refractivity contribution is 0.100. The number of hydrogen-bond acceptors (Lipinski definition) is 3. The van der Waals surface area contributed by atoms with Gasteiger partial charge in [-0.1, -0.05) is 196 Å². The normalized spacial score (nSPS) is 9.76. The lowest BCUT2D eigenvalue weighted by Crippen LogP contribution is -1.97. The molecule has 0 aliphatic rings. The number of benzene rings is 7. The fourth-order valence-corrected chi connectivity index (χ4v) is 6.54. The second-order valence-corrected chi connectivity index (χ2v) is 14.3. The third-order valence-corrected chi connectivity index (χ3v) is 9.44. The largest absolute Gasteiger partial charge is 0.295 e. The third kappa shape index (κ3) is 16.9. The summed E-state index contributed by atoms with van der Waals surface area (Å²) >= 11 is 0. The Morgan fingerprint density at radius 3 is 0.695 bits per heavy atom. The van der Waals surface area contributed by atoms with Crippen molar-refractivity contribution >= 4 is 17.3 Å². The molecule has 7 rings (SSSR count). The summed E-state index contributed by atoms with van der Waals surface area (Å²) in [6.45, 7) is 14.6. The molecule has 0 amide bonds. The van der Waals surface area contributed by atoms with Gasteiger partial charge in [0.25, 0.3) is 0 Å². The molecule has 0 N–H and O–H groups in total. The number of aryl methyl sites for hydroxylation is 3. The van der Waals surface area contributed by atoms with Gasteiger partial charge in [-0.2, -0.15) is 0 Å². The van der Waals surface area contributed by atoms with Gasteiger partial charge in [0.15, 0.2) is 17.3 Å². The van der Waals surface area contributed by atoms with Crippen molar-refractivity contribution in [1.82, 2.24) is 0 Å². The second-order valence-electron chi connectivity index (χ2n) is 14.3. The van der Waals surface area contributed by atoms with Crippen molar-refractivity contribution < 1.29 is 14.4 Å². The summed E-state index contributed by atoms with van der Waals surface area (Å²) in [6, 6.07) is 62.1. The smallest absolute Gasteiger partial charge is 0.160 e. The molecule has 302 valence electrons. The van der Waals surface area contributed by atoms with E-state index in [-0.39, 0.29) is 17.3 Å². The average Bonchev–Trinajstić information content (AvgIpc) is 3.23. The summed E-state index contributed by atoms with van der Waals surface area (Å²) in [7, 11) is 0. The van der Waals surface area contributed by atoms with Crippen molar-refractivity contribution in [2.45, 2.75) is 74.7 Å². The summed E-state index contributed by atoms with van der Waals surface area (Å²) in [5, 5.41) is 0. The predicted molar refractivity (Wildman–Crippen MR) is 249 cm³/mol. The molecule has 0 aliphatic carbocycles. The molecule has 0 atom stereocenters. The first-order valence-electron chi connectivity index (χ1n) is 20.4. The zero-order chi connectivity index (χ0) is 43.0. The molecule has 0 radical (unpaired) electrons. The van der Waals surface area contributed by atoms with Gasteiger partial charge in [-0.25, -0.2) is 0 Å². The molecule has 59 heavy (non-hydrogen) atoms. The lowest BCUT2D eigenvalue weighted by Gasteiger charge is -2.11. The molecular weight excluding hydrogens is 721 g/mol. The molecule has 0 unspecified atom stereocenters. The lowest BCUT2D eigenvalue weighted by atomic mass is 9.94. The van der Waals surface area contributed by atoms with Crippen LogP contribution in [0.1, 0.15) is 116 Å². The number of carbonyl (C=O) groups excluding carboxylic acids is 3. The number of hydrogen-bond donors (Lipinski definition) is 0. The van der Waals surface area contributed by atoms with Gasteiger partial charge in [-0.3, -0.25) is 14.4 Å². The molecule has 3 nitrogen and oxygen atoms in total. The maximum absolute atomic E-state index is 10.9. The highest BCUT2D eigenvalue weighted by Crippen LogP contribution is 2.20. The summed E-state index contributed by atoms with van der Waals surface area (Å²) in [6.07, 6.45) is 2.93. The number of carbonyl (C=O) groups is 3. The summed E-state index contributed by atoms with van der Waals surface area (Å²) in [5.74, 6) is 0.411. The van der Waals surface area contributed by atoms with Crippen LogP contribution >= 0.6 is 0 Å². The van der Waals surface area contributed by atoms with Crippen LogP contribution in [0.5, 0.6) is 0 Å². The highest BCUT2D eigenvalue weighted by Gasteiger charge is 2.06. The zero-order valence-electron chi connectivity index (χ0n) is 36.2. The summed E-state index contributed by atoms with van der Waals surface area (Å²) < 4.78 is 0. The van der Waals surface area contributed by atoms with Gasteiger partial charge in [0, 0.05) is 16.7 Å². The first-order chi connectivity index (χ1) is 28.5. The highest BCUT2D eigenvalue weighted by atomic mass is 16.1. The van der Waals surface area contributed by atoms with E-state index in [0.717, 1.165) is 52.6 Å². The van der Waals surface area contributed by atoms with Crippen LogP contribution < -0.4 is 0 Å². The number of Topliss-reactive ketones (excluding diaryl/α,β-unsaturated/α-hetero) is 3. The van der Waals surface area contributed by atoms with Crippen LogP contribution in [0.3, 0.4) is 0 Å². The Morgan fingerprint density at radius 2 is 0.508 bits per heavy atom. The Hall–Kier alpha value is -6.45. The molecular formula is C56H60O3. The molecule has 0 bridgehead atoms. The quantitative estimate of drug-likeness (QED) is 0.137. The van der Waals surface area contributed by atoms with Gasteiger partial charge in [-0.05, 0) is 111 Å². The van der Waals surface area contributed by atoms with Gasteiger partial charge in [0.1, 0.15) is 0 Å². The van der Waals surface area contributed by atoms with Crippen LogP contribution in [0.25, 0.3) is 0 Å². The van der Waals surface area contributed by atoms with E-state index in [2.05, 4.69) is 109 Å². The zero-order valence-corrected chi connectivity index (χ0v) is 36.2. The van der Waals surface area contributed by atoms with E-state index >= 15 is 0 Å². The highest BCUT2D eigenvalue weighted by molar-refractivity contribution is 5.96. The van der Waals surface area contributed by atoms with E-state index in [1.54, 1.807) is 20.8 Å². The maximum atomic E-state index is 10.9. The van der Waals surface area contributed by atoms with Crippen molar-refractivity contribution in [1.29, 1.82) is 0 Å². The van der Waals surface area contributed by atoms with E-state index in [1.165, 1.54) is 33.4 Å². The first-order valence-corrected chi connectivity index (χ1v) is 20.4. The molecule has 0 spiro atoms. The van der Waals surface area contributed by atoms with Crippen LogP contribution in [0.2, 0.25) is 0 Å². The molecule has 3 heteroatoms.